The van der Waals surface area contributed by atoms with Gasteiger partial charge in [0.05, 0.1) is 10.5 Å². The van der Waals surface area contributed by atoms with Gasteiger partial charge in [0, 0.05) is 24.3 Å². The summed E-state index contributed by atoms with van der Waals surface area (Å²) in [6, 6.07) is 9.77. The van der Waals surface area contributed by atoms with E-state index in [0.717, 1.165) is 4.31 Å². The van der Waals surface area contributed by atoms with E-state index in [1.165, 1.54) is 50.5 Å². The third-order valence-corrected chi connectivity index (χ3v) is 5.39. The van der Waals surface area contributed by atoms with Crippen molar-refractivity contribution in [1.82, 2.24) is 4.31 Å². The third kappa shape index (κ3) is 3.95. The molecule has 0 spiro atoms. The van der Waals surface area contributed by atoms with Crippen molar-refractivity contribution in [2.75, 3.05) is 19.4 Å². The molecule has 0 unspecified atom stereocenters. The third-order valence-electron chi connectivity index (χ3n) is 3.07. The second-order valence-electron chi connectivity index (χ2n) is 4.89. The highest BCUT2D eigenvalue weighted by Crippen LogP contribution is 2.19. The Hall–Kier alpha value is -1.77. The molecule has 2 rings (SSSR count). The Kier molecular flexibility index (Phi) is 5.18. The Morgan fingerprint density at radius 3 is 2.26 bits per heavy atom. The highest BCUT2D eigenvalue weighted by molar-refractivity contribution is 9.10. The molecule has 0 saturated carbocycles. The molecule has 1 amide bonds. The number of amides is 1. The number of carbonyl (C=O) groups excluding carboxylic acids is 1. The second kappa shape index (κ2) is 6.77. The van der Waals surface area contributed by atoms with Crippen LogP contribution in [0.4, 0.5) is 10.1 Å². The van der Waals surface area contributed by atoms with Gasteiger partial charge in [0.1, 0.15) is 5.82 Å². The lowest BCUT2D eigenvalue weighted by molar-refractivity contribution is 0.102. The summed E-state index contributed by atoms with van der Waals surface area (Å²) in [6.45, 7) is 0. The first-order chi connectivity index (χ1) is 10.7. The molecule has 0 fully saturated rings. The molecular formula is C15H14BrFN2O3S. The predicted molar refractivity (Wildman–Crippen MR) is 89.4 cm³/mol. The average Bonchev–Trinajstić information content (AvgIpc) is 2.47. The van der Waals surface area contributed by atoms with Gasteiger partial charge in [-0.1, -0.05) is 15.9 Å². The fraction of sp³-hybridized carbons (Fsp3) is 0.133. The lowest BCUT2D eigenvalue weighted by Crippen LogP contribution is -2.22. The van der Waals surface area contributed by atoms with Gasteiger partial charge < -0.3 is 5.32 Å². The van der Waals surface area contributed by atoms with Gasteiger partial charge >= 0.3 is 0 Å². The first-order valence-electron chi connectivity index (χ1n) is 6.51. The number of halogens is 2. The quantitative estimate of drug-likeness (QED) is 0.857. The van der Waals surface area contributed by atoms with Gasteiger partial charge in [0.15, 0.2) is 0 Å². The summed E-state index contributed by atoms with van der Waals surface area (Å²) in [6.07, 6.45) is 0. The second-order valence-corrected chi connectivity index (χ2v) is 7.96. The standard InChI is InChI=1S/C15H14BrFN2O3S/c1-19(2)23(21,22)12-6-4-11(5-7-12)18-15(20)13-8-3-10(16)9-14(13)17/h3-9H,1-2H3,(H,18,20). The summed E-state index contributed by atoms with van der Waals surface area (Å²) in [5, 5.41) is 2.52. The van der Waals surface area contributed by atoms with Crippen LogP contribution >= 0.6 is 15.9 Å². The van der Waals surface area contributed by atoms with Crippen LogP contribution in [0.5, 0.6) is 0 Å². The maximum atomic E-state index is 13.7. The van der Waals surface area contributed by atoms with Crippen LogP contribution in [0.1, 0.15) is 10.4 Å². The highest BCUT2D eigenvalue weighted by atomic mass is 79.9. The van der Waals surface area contributed by atoms with E-state index in [-0.39, 0.29) is 10.5 Å². The Labute approximate surface area is 142 Å². The van der Waals surface area contributed by atoms with Crippen LogP contribution in [0.15, 0.2) is 51.8 Å². The van der Waals surface area contributed by atoms with Gasteiger partial charge in [-0.05, 0) is 42.5 Å². The molecule has 1 N–H and O–H groups in total. The Morgan fingerprint density at radius 2 is 1.74 bits per heavy atom. The summed E-state index contributed by atoms with van der Waals surface area (Å²) in [4.78, 5) is 12.2. The Bertz CT molecular complexity index is 836. The van der Waals surface area contributed by atoms with Crippen molar-refractivity contribution in [2.45, 2.75) is 4.90 Å². The molecule has 2 aromatic rings. The van der Waals surface area contributed by atoms with Crippen molar-refractivity contribution in [1.29, 1.82) is 0 Å². The number of anilines is 1. The molecule has 23 heavy (non-hydrogen) atoms. The molecule has 122 valence electrons. The monoisotopic (exact) mass is 400 g/mol. The minimum absolute atomic E-state index is 0.0989. The van der Waals surface area contributed by atoms with Gasteiger partial charge in [0.25, 0.3) is 5.91 Å². The zero-order valence-electron chi connectivity index (χ0n) is 12.4. The average molecular weight is 401 g/mol. The number of carbonyl (C=O) groups is 1. The summed E-state index contributed by atoms with van der Waals surface area (Å²) in [7, 11) is -0.667. The maximum Gasteiger partial charge on any atom is 0.258 e. The van der Waals surface area contributed by atoms with Crippen molar-refractivity contribution in [2.24, 2.45) is 0 Å². The smallest absolute Gasteiger partial charge is 0.258 e. The molecule has 0 aliphatic carbocycles. The maximum absolute atomic E-state index is 13.7. The van der Waals surface area contributed by atoms with Crippen molar-refractivity contribution < 1.29 is 17.6 Å². The van der Waals surface area contributed by atoms with Crippen molar-refractivity contribution in [3.63, 3.8) is 0 Å². The number of sulfonamides is 1. The van der Waals surface area contributed by atoms with E-state index in [9.17, 15) is 17.6 Å². The first kappa shape index (κ1) is 17.6. The minimum atomic E-state index is -3.53. The molecule has 2 aromatic carbocycles. The van der Waals surface area contributed by atoms with Crippen molar-refractivity contribution >= 4 is 37.5 Å². The first-order valence-corrected chi connectivity index (χ1v) is 8.74. The number of benzene rings is 2. The van der Waals surface area contributed by atoms with E-state index in [0.29, 0.717) is 10.2 Å². The zero-order valence-corrected chi connectivity index (χ0v) is 14.8. The van der Waals surface area contributed by atoms with E-state index < -0.39 is 21.7 Å². The van der Waals surface area contributed by atoms with Gasteiger partial charge in [-0.2, -0.15) is 0 Å². The number of hydrogen-bond acceptors (Lipinski definition) is 3. The molecule has 0 aromatic heterocycles. The zero-order chi connectivity index (χ0) is 17.2. The van der Waals surface area contributed by atoms with Gasteiger partial charge in [-0.15, -0.1) is 0 Å². The molecule has 0 heterocycles. The van der Waals surface area contributed by atoms with Crippen LogP contribution in [0.25, 0.3) is 0 Å². The van der Waals surface area contributed by atoms with Crippen LogP contribution < -0.4 is 5.32 Å². The topological polar surface area (TPSA) is 66.5 Å². The molecule has 0 atom stereocenters. The van der Waals surface area contributed by atoms with Gasteiger partial charge in [-0.25, -0.2) is 17.1 Å². The molecule has 8 heteroatoms. The number of hydrogen-bond donors (Lipinski definition) is 1. The summed E-state index contributed by atoms with van der Waals surface area (Å²) in [5.41, 5.74) is 0.271. The number of nitrogens with one attached hydrogen (secondary N) is 1. The molecule has 0 saturated heterocycles. The molecular weight excluding hydrogens is 387 g/mol. The molecule has 0 bridgehead atoms. The van der Waals surface area contributed by atoms with E-state index in [2.05, 4.69) is 21.2 Å². The largest absolute Gasteiger partial charge is 0.322 e. The summed E-state index contributed by atoms with van der Waals surface area (Å²) < 4.78 is 39.3. The van der Waals surface area contributed by atoms with Gasteiger partial charge in [0.2, 0.25) is 10.0 Å². The highest BCUT2D eigenvalue weighted by Gasteiger charge is 2.17. The molecule has 0 aliphatic rings. The SMILES string of the molecule is CN(C)S(=O)(=O)c1ccc(NC(=O)c2ccc(Br)cc2F)cc1. The Balaban J connectivity index is 2.20. The minimum Gasteiger partial charge on any atom is -0.322 e. The van der Waals surface area contributed by atoms with Crippen LogP contribution in [0.2, 0.25) is 0 Å². The summed E-state index contributed by atoms with van der Waals surface area (Å²) in [5.74, 6) is -1.26. The fourth-order valence-electron chi connectivity index (χ4n) is 1.79. The van der Waals surface area contributed by atoms with Crippen LogP contribution in [0, 0.1) is 5.82 Å². The van der Waals surface area contributed by atoms with Gasteiger partial charge in [-0.3, -0.25) is 4.79 Å². The van der Waals surface area contributed by atoms with Crippen molar-refractivity contribution in [3.8, 4) is 0 Å². The molecule has 0 aliphatic heterocycles. The molecule has 0 radical (unpaired) electrons. The number of rotatable bonds is 4. The van der Waals surface area contributed by atoms with E-state index >= 15 is 0 Å². The number of nitrogens with zero attached hydrogens (tertiary/aromatic N) is 1. The van der Waals surface area contributed by atoms with E-state index in [1.807, 2.05) is 0 Å². The van der Waals surface area contributed by atoms with Crippen LogP contribution in [-0.2, 0) is 10.0 Å². The van der Waals surface area contributed by atoms with Crippen LogP contribution in [0.3, 0.4) is 0 Å². The summed E-state index contributed by atoms with van der Waals surface area (Å²) >= 11 is 3.12. The van der Waals surface area contributed by atoms with Crippen molar-refractivity contribution in [3.05, 3.63) is 58.3 Å². The van der Waals surface area contributed by atoms with Crippen LogP contribution in [-0.4, -0.2) is 32.7 Å². The predicted octanol–water partition coefficient (Wildman–Crippen LogP) is 3.09. The molecule has 5 nitrogen and oxygen atoms in total. The normalized spacial score (nSPS) is 11.5. The van der Waals surface area contributed by atoms with E-state index in [1.54, 1.807) is 6.07 Å². The lowest BCUT2D eigenvalue weighted by atomic mass is 10.2. The van der Waals surface area contributed by atoms with E-state index in [4.69, 9.17) is 0 Å². The lowest BCUT2D eigenvalue weighted by Gasteiger charge is -2.12. The fourth-order valence-corrected chi connectivity index (χ4v) is 3.03. The Morgan fingerprint density at radius 1 is 1.13 bits per heavy atom.